The van der Waals surface area contributed by atoms with Gasteiger partial charge in [-0.2, -0.15) is 0 Å². The summed E-state index contributed by atoms with van der Waals surface area (Å²) in [7, 11) is 0. The zero-order valence-electron chi connectivity index (χ0n) is 12.0. The van der Waals surface area contributed by atoms with Gasteiger partial charge in [-0.1, -0.05) is 36.4 Å². The van der Waals surface area contributed by atoms with Gasteiger partial charge in [-0.3, -0.25) is 0 Å². The largest absolute Gasteiger partial charge is 0.508 e. The molecular formula is C18H13O3PS. The Kier molecular flexibility index (Phi) is 3.26. The first-order valence-electron chi connectivity index (χ1n) is 7.11. The Balaban J connectivity index is 2.02. The Morgan fingerprint density at radius 1 is 0.783 bits per heavy atom. The summed E-state index contributed by atoms with van der Waals surface area (Å²) in [4.78, 5) is 0. The lowest BCUT2D eigenvalue weighted by atomic mass is 10.0. The fourth-order valence-corrected chi connectivity index (χ4v) is 6.36. The van der Waals surface area contributed by atoms with Crippen LogP contribution >= 0.6 is 6.69 Å². The lowest BCUT2D eigenvalue weighted by Crippen LogP contribution is -2.29. The highest BCUT2D eigenvalue weighted by atomic mass is 32.7. The van der Waals surface area contributed by atoms with E-state index in [4.69, 9.17) is 16.8 Å². The van der Waals surface area contributed by atoms with E-state index in [0.717, 1.165) is 16.4 Å². The first kappa shape index (κ1) is 14.4. The molecule has 0 saturated heterocycles. The number of phenolic OH excluding ortho intramolecular Hbond substituents is 2. The number of rotatable bonds is 1. The molecule has 5 heteroatoms. The van der Waals surface area contributed by atoms with Crippen molar-refractivity contribution in [1.29, 1.82) is 0 Å². The Hall–Kier alpha value is -2.16. The zero-order valence-corrected chi connectivity index (χ0v) is 13.7. The molecule has 0 amide bonds. The van der Waals surface area contributed by atoms with E-state index in [-0.39, 0.29) is 11.5 Å². The average molecular weight is 340 g/mol. The van der Waals surface area contributed by atoms with Crippen molar-refractivity contribution in [2.24, 2.45) is 0 Å². The molecule has 0 aromatic heterocycles. The number of para-hydroxylation sites is 1. The summed E-state index contributed by atoms with van der Waals surface area (Å²) in [6.45, 7) is -2.73. The second-order valence-corrected chi connectivity index (χ2v) is 9.12. The van der Waals surface area contributed by atoms with Gasteiger partial charge in [-0.05, 0) is 24.3 Å². The summed E-state index contributed by atoms with van der Waals surface area (Å²) in [6.07, 6.45) is 0. The maximum absolute atomic E-state index is 10.3. The van der Waals surface area contributed by atoms with Crippen molar-refractivity contribution in [2.45, 2.75) is 0 Å². The molecule has 1 aliphatic rings. The molecule has 0 bridgehead atoms. The van der Waals surface area contributed by atoms with Crippen molar-refractivity contribution in [1.82, 2.24) is 0 Å². The summed E-state index contributed by atoms with van der Waals surface area (Å²) in [6, 6.07) is 19.9. The topological polar surface area (TPSA) is 49.7 Å². The number of aromatic hydroxyl groups is 2. The number of hydrogen-bond acceptors (Lipinski definition) is 4. The van der Waals surface area contributed by atoms with Gasteiger partial charge >= 0.3 is 0 Å². The molecule has 0 aliphatic carbocycles. The molecule has 0 saturated carbocycles. The third-order valence-electron chi connectivity index (χ3n) is 3.90. The Morgan fingerprint density at radius 2 is 1.48 bits per heavy atom. The van der Waals surface area contributed by atoms with Gasteiger partial charge in [0.25, 0.3) is 0 Å². The van der Waals surface area contributed by atoms with Gasteiger partial charge in [0.2, 0.25) is 0 Å². The molecule has 1 aliphatic heterocycles. The second-order valence-electron chi connectivity index (χ2n) is 5.33. The molecule has 4 rings (SSSR count). The molecule has 0 fully saturated rings. The van der Waals surface area contributed by atoms with E-state index >= 15 is 0 Å². The van der Waals surface area contributed by atoms with Crippen molar-refractivity contribution in [3.05, 3.63) is 66.7 Å². The summed E-state index contributed by atoms with van der Waals surface area (Å²) in [5.41, 5.74) is 2.00. The van der Waals surface area contributed by atoms with Crippen LogP contribution in [-0.2, 0) is 12.2 Å². The third-order valence-corrected chi connectivity index (χ3v) is 7.78. The fourth-order valence-electron chi connectivity index (χ4n) is 2.84. The Bertz CT molecular complexity index is 912. The van der Waals surface area contributed by atoms with Crippen LogP contribution < -0.4 is 15.1 Å². The monoisotopic (exact) mass is 340 g/mol. The van der Waals surface area contributed by atoms with Crippen LogP contribution in [0, 0.1) is 0 Å². The van der Waals surface area contributed by atoms with Crippen molar-refractivity contribution in [2.75, 3.05) is 0 Å². The Morgan fingerprint density at radius 3 is 2.30 bits per heavy atom. The lowest BCUT2D eigenvalue weighted by molar-refractivity contribution is 0.463. The first-order valence-corrected chi connectivity index (χ1v) is 9.83. The van der Waals surface area contributed by atoms with Crippen LogP contribution in [0.1, 0.15) is 0 Å². The van der Waals surface area contributed by atoms with E-state index < -0.39 is 6.69 Å². The summed E-state index contributed by atoms with van der Waals surface area (Å²) < 4.78 is 6.22. The van der Waals surface area contributed by atoms with E-state index in [1.807, 2.05) is 48.5 Å². The number of benzene rings is 3. The van der Waals surface area contributed by atoms with Crippen LogP contribution in [0.15, 0.2) is 66.7 Å². The van der Waals surface area contributed by atoms with E-state index in [0.29, 0.717) is 11.1 Å². The fraction of sp³-hybridized carbons (Fsp3) is 0. The van der Waals surface area contributed by atoms with E-state index in [1.165, 1.54) is 18.2 Å². The van der Waals surface area contributed by atoms with Gasteiger partial charge in [0.15, 0.2) is 16.8 Å². The lowest BCUT2D eigenvalue weighted by Gasteiger charge is -2.36. The number of phenols is 2. The molecule has 1 atom stereocenters. The molecule has 3 aromatic rings. The maximum atomic E-state index is 10.3. The van der Waals surface area contributed by atoms with Gasteiger partial charge in [0.1, 0.15) is 17.7 Å². The van der Waals surface area contributed by atoms with E-state index in [1.54, 1.807) is 0 Å². The summed E-state index contributed by atoms with van der Waals surface area (Å²) in [5.74, 6) is 0.805. The van der Waals surface area contributed by atoms with Crippen LogP contribution in [0.25, 0.3) is 11.1 Å². The molecular weight excluding hydrogens is 327 g/mol. The highest BCUT2D eigenvalue weighted by molar-refractivity contribution is 8.46. The SMILES string of the molecule is Oc1ccc(O)c([P+]2([S-])Oc3ccccc3-c3ccccc32)c1. The molecule has 1 unspecified atom stereocenters. The van der Waals surface area contributed by atoms with Gasteiger partial charge in [0.05, 0.1) is 0 Å². The van der Waals surface area contributed by atoms with E-state index in [2.05, 4.69) is 0 Å². The number of hydrogen-bond donors (Lipinski definition) is 2. The van der Waals surface area contributed by atoms with Gasteiger partial charge in [-0.25, -0.2) is 0 Å². The molecule has 3 aromatic carbocycles. The second kappa shape index (κ2) is 5.19. The highest BCUT2D eigenvalue weighted by Gasteiger charge is 2.42. The summed E-state index contributed by atoms with van der Waals surface area (Å²) in [5, 5.41) is 21.5. The minimum Gasteiger partial charge on any atom is -0.508 e. The van der Waals surface area contributed by atoms with Gasteiger partial charge in [-0.15, -0.1) is 0 Å². The normalized spacial score (nSPS) is 18.7. The molecule has 0 spiro atoms. The molecule has 23 heavy (non-hydrogen) atoms. The predicted molar refractivity (Wildman–Crippen MR) is 95.8 cm³/mol. The predicted octanol–water partition coefficient (Wildman–Crippen LogP) is 3.50. The molecule has 0 radical (unpaired) electrons. The van der Waals surface area contributed by atoms with Crippen molar-refractivity contribution in [3.8, 4) is 28.4 Å². The quantitative estimate of drug-likeness (QED) is 0.404. The van der Waals surface area contributed by atoms with Crippen molar-refractivity contribution < 1.29 is 14.7 Å². The summed E-state index contributed by atoms with van der Waals surface area (Å²) >= 11 is 5.92. The van der Waals surface area contributed by atoms with Crippen LogP contribution in [0.5, 0.6) is 17.2 Å². The molecule has 114 valence electrons. The van der Waals surface area contributed by atoms with Crippen LogP contribution in [0.3, 0.4) is 0 Å². The minimum atomic E-state index is -2.73. The van der Waals surface area contributed by atoms with Gasteiger partial charge < -0.3 is 27.0 Å². The smallest absolute Gasteiger partial charge is 0.179 e. The van der Waals surface area contributed by atoms with Crippen LogP contribution in [0.2, 0.25) is 0 Å². The number of fused-ring (bicyclic) bond motifs is 3. The van der Waals surface area contributed by atoms with Crippen LogP contribution in [0.4, 0.5) is 0 Å². The van der Waals surface area contributed by atoms with Crippen molar-refractivity contribution in [3.63, 3.8) is 0 Å². The van der Waals surface area contributed by atoms with Crippen molar-refractivity contribution >= 4 is 29.5 Å². The first-order chi connectivity index (χ1) is 11.1. The zero-order chi connectivity index (χ0) is 16.0. The molecule has 3 nitrogen and oxygen atoms in total. The average Bonchev–Trinajstić information content (AvgIpc) is 2.57. The van der Waals surface area contributed by atoms with E-state index in [9.17, 15) is 10.2 Å². The molecule has 1 heterocycles. The minimum absolute atomic E-state index is 0.0420. The van der Waals surface area contributed by atoms with Crippen LogP contribution in [-0.4, -0.2) is 10.2 Å². The highest BCUT2D eigenvalue weighted by Crippen LogP contribution is 2.62. The maximum Gasteiger partial charge on any atom is 0.179 e. The third kappa shape index (κ3) is 2.18. The molecule has 2 N–H and O–H groups in total. The Labute approximate surface area is 139 Å². The van der Waals surface area contributed by atoms with Gasteiger partial charge in [0, 0.05) is 17.2 Å². The standard InChI is InChI=1S/C18H13O3PS/c19-12-9-10-15(20)18(11-12)22(23)17-8-4-2-6-14(17)13-5-1-3-7-16(13)21-22/h1-11,19-20H.